The van der Waals surface area contributed by atoms with E-state index in [1.165, 1.54) is 14.9 Å². The number of hydrogen-bond acceptors (Lipinski definition) is 6. The number of carbonyl (C=O) groups excluding carboxylic acids is 1. The second-order valence-corrected chi connectivity index (χ2v) is 7.34. The summed E-state index contributed by atoms with van der Waals surface area (Å²) < 4.78 is 39.6. The van der Waals surface area contributed by atoms with Crippen molar-refractivity contribution in [2.45, 2.75) is 18.7 Å². The van der Waals surface area contributed by atoms with Crippen molar-refractivity contribution in [1.82, 2.24) is 9.55 Å². The number of fused-ring (bicyclic) bond motifs is 1. The number of nitrogens with zero attached hydrogens (tertiary/aromatic N) is 3. The molecule has 134 valence electrons. The Kier molecular flexibility index (Phi) is 4.42. The summed E-state index contributed by atoms with van der Waals surface area (Å²) in [5.74, 6) is -0.282. The number of pyridine rings is 1. The van der Waals surface area contributed by atoms with Gasteiger partial charge in [0.2, 0.25) is 5.88 Å². The zero-order valence-electron chi connectivity index (χ0n) is 14.2. The SMILES string of the molecule is CCOC(=O)c1cc(S(=O)(=O)N2CCOc3ncccc32)c(C)n1C. The highest BCUT2D eigenvalue weighted by molar-refractivity contribution is 7.92. The van der Waals surface area contributed by atoms with Crippen LogP contribution in [-0.2, 0) is 21.8 Å². The van der Waals surface area contributed by atoms with E-state index in [9.17, 15) is 13.2 Å². The average Bonchev–Trinajstić information content (AvgIpc) is 2.91. The topological polar surface area (TPSA) is 90.7 Å². The van der Waals surface area contributed by atoms with Crippen LogP contribution in [0.2, 0.25) is 0 Å². The number of rotatable bonds is 4. The Labute approximate surface area is 146 Å². The number of ether oxygens (including phenoxy) is 2. The van der Waals surface area contributed by atoms with Crippen molar-refractivity contribution >= 4 is 21.7 Å². The van der Waals surface area contributed by atoms with E-state index in [1.54, 1.807) is 39.2 Å². The van der Waals surface area contributed by atoms with Gasteiger partial charge in [-0.25, -0.2) is 18.2 Å². The average molecular weight is 365 g/mol. The van der Waals surface area contributed by atoms with Crippen LogP contribution < -0.4 is 9.04 Å². The Morgan fingerprint density at radius 3 is 2.92 bits per heavy atom. The lowest BCUT2D eigenvalue weighted by atomic mass is 10.3. The number of hydrogen-bond donors (Lipinski definition) is 0. The van der Waals surface area contributed by atoms with Crippen LogP contribution in [0.25, 0.3) is 0 Å². The molecule has 0 saturated carbocycles. The van der Waals surface area contributed by atoms with E-state index >= 15 is 0 Å². The van der Waals surface area contributed by atoms with Crippen LogP contribution in [0.1, 0.15) is 23.1 Å². The largest absolute Gasteiger partial charge is 0.474 e. The van der Waals surface area contributed by atoms with Gasteiger partial charge in [-0.3, -0.25) is 4.31 Å². The fourth-order valence-corrected chi connectivity index (χ4v) is 4.45. The maximum atomic E-state index is 13.2. The standard InChI is InChI=1S/C16H19N3O5S/c1-4-23-16(20)13-10-14(11(2)18(13)3)25(21,22)19-8-9-24-15-12(19)6-5-7-17-15/h5-7,10H,4,8-9H2,1-3H3. The van der Waals surface area contributed by atoms with Crippen LogP contribution in [0, 0.1) is 6.92 Å². The smallest absolute Gasteiger partial charge is 0.354 e. The monoisotopic (exact) mass is 365 g/mol. The van der Waals surface area contributed by atoms with Gasteiger partial charge < -0.3 is 14.0 Å². The molecule has 3 heterocycles. The van der Waals surface area contributed by atoms with Crippen molar-refractivity contribution < 1.29 is 22.7 Å². The molecule has 0 radical (unpaired) electrons. The molecule has 3 rings (SSSR count). The highest BCUT2D eigenvalue weighted by Crippen LogP contribution is 2.34. The number of esters is 1. The third kappa shape index (κ3) is 2.84. The first-order valence-electron chi connectivity index (χ1n) is 7.82. The van der Waals surface area contributed by atoms with E-state index in [2.05, 4.69) is 4.98 Å². The third-order valence-corrected chi connectivity index (χ3v) is 6.02. The Hall–Kier alpha value is -2.55. The Morgan fingerprint density at radius 2 is 2.20 bits per heavy atom. The summed E-state index contributed by atoms with van der Waals surface area (Å²) in [6.07, 6.45) is 1.54. The lowest BCUT2D eigenvalue weighted by Gasteiger charge is -2.29. The summed E-state index contributed by atoms with van der Waals surface area (Å²) in [5, 5.41) is 0. The first kappa shape index (κ1) is 17.3. The fraction of sp³-hybridized carbons (Fsp3) is 0.375. The molecule has 9 heteroatoms. The molecule has 0 saturated heterocycles. The molecular formula is C16H19N3O5S. The van der Waals surface area contributed by atoms with Gasteiger partial charge in [-0.1, -0.05) is 0 Å². The summed E-state index contributed by atoms with van der Waals surface area (Å²) >= 11 is 0. The fourth-order valence-electron chi connectivity index (χ4n) is 2.73. The molecular weight excluding hydrogens is 346 g/mol. The minimum atomic E-state index is -3.87. The molecule has 0 bridgehead atoms. The number of anilines is 1. The quantitative estimate of drug-likeness (QED) is 0.763. The van der Waals surface area contributed by atoms with E-state index in [1.807, 2.05) is 0 Å². The van der Waals surface area contributed by atoms with Gasteiger partial charge in [0.25, 0.3) is 10.0 Å². The van der Waals surface area contributed by atoms with Crippen LogP contribution in [0.5, 0.6) is 5.88 Å². The molecule has 0 unspecified atom stereocenters. The number of aromatic nitrogens is 2. The molecule has 0 fully saturated rings. The van der Waals surface area contributed by atoms with Gasteiger partial charge in [0.1, 0.15) is 22.9 Å². The maximum Gasteiger partial charge on any atom is 0.354 e. The molecule has 1 aliphatic heterocycles. The summed E-state index contributed by atoms with van der Waals surface area (Å²) in [6.45, 7) is 3.95. The van der Waals surface area contributed by atoms with E-state index in [0.717, 1.165) is 0 Å². The summed E-state index contributed by atoms with van der Waals surface area (Å²) in [4.78, 5) is 16.2. The van der Waals surface area contributed by atoms with Gasteiger partial charge in [0.15, 0.2) is 0 Å². The minimum Gasteiger partial charge on any atom is -0.474 e. The van der Waals surface area contributed by atoms with E-state index in [4.69, 9.17) is 9.47 Å². The lowest BCUT2D eigenvalue weighted by Crippen LogP contribution is -2.38. The van der Waals surface area contributed by atoms with Gasteiger partial charge in [-0.2, -0.15) is 0 Å². The molecule has 0 atom stereocenters. The Bertz CT molecular complexity index is 920. The van der Waals surface area contributed by atoms with Crippen LogP contribution in [0.4, 0.5) is 5.69 Å². The predicted octanol–water partition coefficient (Wildman–Crippen LogP) is 1.49. The van der Waals surface area contributed by atoms with E-state index in [-0.39, 0.29) is 36.2 Å². The van der Waals surface area contributed by atoms with Gasteiger partial charge in [0.05, 0.1) is 13.2 Å². The van der Waals surface area contributed by atoms with Gasteiger partial charge in [-0.15, -0.1) is 0 Å². The molecule has 2 aromatic heterocycles. The summed E-state index contributed by atoms with van der Waals surface area (Å²) in [6, 6.07) is 4.65. The molecule has 0 aliphatic carbocycles. The highest BCUT2D eigenvalue weighted by Gasteiger charge is 2.34. The van der Waals surface area contributed by atoms with Crippen LogP contribution in [0.3, 0.4) is 0 Å². The zero-order chi connectivity index (χ0) is 18.2. The zero-order valence-corrected chi connectivity index (χ0v) is 15.0. The van der Waals surface area contributed by atoms with Crippen molar-refractivity contribution in [3.05, 3.63) is 35.8 Å². The number of carbonyl (C=O) groups is 1. The summed E-state index contributed by atoms with van der Waals surface area (Å²) in [7, 11) is -2.24. The lowest BCUT2D eigenvalue weighted by molar-refractivity contribution is 0.0515. The van der Waals surface area contributed by atoms with Gasteiger partial charge in [-0.05, 0) is 32.0 Å². The second kappa shape index (κ2) is 6.40. The molecule has 0 aromatic carbocycles. The van der Waals surface area contributed by atoms with Crippen molar-refractivity contribution in [2.24, 2.45) is 7.05 Å². The van der Waals surface area contributed by atoms with Gasteiger partial charge in [0, 0.05) is 18.9 Å². The molecule has 1 aliphatic rings. The molecule has 0 spiro atoms. The van der Waals surface area contributed by atoms with Crippen LogP contribution in [-0.4, -0.2) is 43.7 Å². The maximum absolute atomic E-state index is 13.2. The van der Waals surface area contributed by atoms with Crippen molar-refractivity contribution in [3.8, 4) is 5.88 Å². The molecule has 25 heavy (non-hydrogen) atoms. The second-order valence-electron chi connectivity index (χ2n) is 5.51. The van der Waals surface area contributed by atoms with E-state index in [0.29, 0.717) is 11.4 Å². The predicted molar refractivity (Wildman–Crippen MR) is 90.4 cm³/mol. The Morgan fingerprint density at radius 1 is 1.44 bits per heavy atom. The molecule has 8 nitrogen and oxygen atoms in total. The Balaban J connectivity index is 2.08. The third-order valence-electron chi connectivity index (χ3n) is 4.09. The first-order valence-corrected chi connectivity index (χ1v) is 9.26. The van der Waals surface area contributed by atoms with Gasteiger partial charge >= 0.3 is 5.97 Å². The summed E-state index contributed by atoms with van der Waals surface area (Å²) in [5.41, 5.74) is 1.03. The van der Waals surface area contributed by atoms with E-state index < -0.39 is 16.0 Å². The molecule has 0 amide bonds. The minimum absolute atomic E-state index is 0.0646. The van der Waals surface area contributed by atoms with Crippen molar-refractivity contribution in [3.63, 3.8) is 0 Å². The van der Waals surface area contributed by atoms with Crippen LogP contribution >= 0.6 is 0 Å². The van der Waals surface area contributed by atoms with Crippen molar-refractivity contribution in [2.75, 3.05) is 24.1 Å². The van der Waals surface area contributed by atoms with Crippen LogP contribution in [0.15, 0.2) is 29.3 Å². The highest BCUT2D eigenvalue weighted by atomic mass is 32.2. The first-order chi connectivity index (χ1) is 11.9. The normalized spacial score (nSPS) is 14.0. The van der Waals surface area contributed by atoms with Crippen molar-refractivity contribution in [1.29, 1.82) is 0 Å². The molecule has 0 N–H and O–H groups in total. The number of sulfonamides is 1. The molecule has 2 aromatic rings.